The summed E-state index contributed by atoms with van der Waals surface area (Å²) in [6.07, 6.45) is 4.64. The van der Waals surface area contributed by atoms with Gasteiger partial charge in [0.15, 0.2) is 5.82 Å². The Bertz CT molecular complexity index is 929. The van der Waals surface area contributed by atoms with Gasteiger partial charge in [0.1, 0.15) is 6.61 Å². The molecule has 2 fully saturated rings. The highest BCUT2D eigenvalue weighted by Crippen LogP contribution is 2.50. The number of rotatable bonds is 5. The number of aryl methyl sites for hydroxylation is 2. The Kier molecular flexibility index (Phi) is 5.08. The van der Waals surface area contributed by atoms with E-state index in [2.05, 4.69) is 20.4 Å². The average Bonchev–Trinajstić information content (AvgIpc) is 3.35. The van der Waals surface area contributed by atoms with Crippen LogP contribution in [0.3, 0.4) is 0 Å². The lowest BCUT2D eigenvalue weighted by molar-refractivity contribution is -0.134. The van der Waals surface area contributed by atoms with Gasteiger partial charge in [0.2, 0.25) is 11.8 Å². The topological polar surface area (TPSA) is 110 Å². The number of amides is 2. The van der Waals surface area contributed by atoms with Crippen molar-refractivity contribution in [1.82, 2.24) is 25.3 Å². The average molecular weight is 399 g/mol. The van der Waals surface area contributed by atoms with Crippen molar-refractivity contribution in [3.05, 3.63) is 41.3 Å². The summed E-state index contributed by atoms with van der Waals surface area (Å²) in [5.74, 6) is 1.05. The molecule has 0 bridgehead atoms. The summed E-state index contributed by atoms with van der Waals surface area (Å²) in [6.45, 7) is 4.79. The van der Waals surface area contributed by atoms with Gasteiger partial charge in [0, 0.05) is 38.6 Å². The molecule has 3 heterocycles. The lowest BCUT2D eigenvalue weighted by Gasteiger charge is -2.25. The molecule has 2 aliphatic rings. The van der Waals surface area contributed by atoms with Crippen LogP contribution in [-0.2, 0) is 14.9 Å². The van der Waals surface area contributed by atoms with Gasteiger partial charge in [-0.1, -0.05) is 5.16 Å². The molecule has 3 unspecified atom stereocenters. The Hall–Kier alpha value is -2.81. The number of hydrogen-bond acceptors (Lipinski definition) is 7. The molecule has 4 rings (SSSR count). The smallest absolute Gasteiger partial charge is 0.253 e. The molecule has 2 aromatic heterocycles. The van der Waals surface area contributed by atoms with Crippen LogP contribution in [0.15, 0.2) is 23.0 Å². The number of likely N-dealkylation sites (tertiary alicyclic amines) is 1. The Morgan fingerprint density at radius 1 is 1.41 bits per heavy atom. The lowest BCUT2D eigenvalue weighted by Crippen LogP contribution is -2.40. The first-order valence-corrected chi connectivity index (χ1v) is 9.72. The minimum atomic E-state index is -0.452. The highest BCUT2D eigenvalue weighted by Gasteiger charge is 2.58. The van der Waals surface area contributed by atoms with E-state index in [9.17, 15) is 9.59 Å². The Labute approximate surface area is 168 Å². The normalized spacial score (nSPS) is 25.8. The first-order chi connectivity index (χ1) is 13.9. The SMILES string of the molecule is COCC(=O)N1CC2CC(NC(=O)c3cnccc3C)CC2(c2nc(C)no2)C1. The summed E-state index contributed by atoms with van der Waals surface area (Å²) in [5.41, 5.74) is 1.01. The van der Waals surface area contributed by atoms with Gasteiger partial charge in [0.05, 0.1) is 11.0 Å². The summed E-state index contributed by atoms with van der Waals surface area (Å²) in [5, 5.41) is 7.10. The van der Waals surface area contributed by atoms with Crippen molar-refractivity contribution in [2.75, 3.05) is 26.8 Å². The largest absolute Gasteiger partial charge is 0.375 e. The van der Waals surface area contributed by atoms with Gasteiger partial charge < -0.3 is 19.5 Å². The van der Waals surface area contributed by atoms with Crippen LogP contribution >= 0.6 is 0 Å². The first kappa shape index (κ1) is 19.5. The number of methoxy groups -OCH3 is 1. The zero-order chi connectivity index (χ0) is 20.6. The summed E-state index contributed by atoms with van der Waals surface area (Å²) in [7, 11) is 1.51. The quantitative estimate of drug-likeness (QED) is 0.799. The van der Waals surface area contributed by atoms with Crippen LogP contribution in [-0.4, -0.2) is 64.7 Å². The van der Waals surface area contributed by atoms with Crippen LogP contribution in [0.4, 0.5) is 0 Å². The minimum absolute atomic E-state index is 0.0426. The fourth-order valence-corrected chi connectivity index (χ4v) is 4.68. The van der Waals surface area contributed by atoms with E-state index in [4.69, 9.17) is 9.26 Å². The predicted octanol–water partition coefficient (Wildman–Crippen LogP) is 1.02. The maximum Gasteiger partial charge on any atom is 0.253 e. The third-order valence-electron chi connectivity index (χ3n) is 6.07. The number of carbonyl (C=O) groups excluding carboxylic acids is 2. The van der Waals surface area contributed by atoms with Gasteiger partial charge in [-0.05, 0) is 44.2 Å². The molecule has 29 heavy (non-hydrogen) atoms. The summed E-state index contributed by atoms with van der Waals surface area (Å²) in [6, 6.07) is 1.78. The van der Waals surface area contributed by atoms with E-state index < -0.39 is 5.41 Å². The molecule has 2 amide bonds. The molecule has 0 aromatic carbocycles. The second-order valence-corrected chi connectivity index (χ2v) is 8.01. The molecular weight excluding hydrogens is 374 g/mol. The molecule has 9 nitrogen and oxygen atoms in total. The zero-order valence-corrected chi connectivity index (χ0v) is 16.8. The van der Waals surface area contributed by atoms with Crippen LogP contribution in [0, 0.1) is 19.8 Å². The van der Waals surface area contributed by atoms with Gasteiger partial charge in [0.25, 0.3) is 5.91 Å². The van der Waals surface area contributed by atoms with E-state index in [-0.39, 0.29) is 30.4 Å². The van der Waals surface area contributed by atoms with Crippen molar-refractivity contribution in [1.29, 1.82) is 0 Å². The van der Waals surface area contributed by atoms with Crippen molar-refractivity contribution >= 4 is 11.8 Å². The second kappa shape index (κ2) is 7.55. The van der Waals surface area contributed by atoms with E-state index in [0.717, 1.165) is 12.0 Å². The monoisotopic (exact) mass is 399 g/mol. The number of nitrogens with zero attached hydrogens (tertiary/aromatic N) is 4. The van der Waals surface area contributed by atoms with E-state index in [1.165, 1.54) is 7.11 Å². The summed E-state index contributed by atoms with van der Waals surface area (Å²) >= 11 is 0. The van der Waals surface area contributed by atoms with Crippen molar-refractivity contribution in [2.45, 2.75) is 38.1 Å². The standard InChI is InChI=1S/C20H25N5O4/c1-12-4-5-21-8-16(12)18(27)23-15-6-14-9-25(17(26)10-28-3)11-20(14,7-15)19-22-13(2)24-29-19/h4-5,8,14-15H,6-7,9-11H2,1-3H3,(H,23,27). The van der Waals surface area contributed by atoms with Crippen molar-refractivity contribution < 1.29 is 18.8 Å². The van der Waals surface area contributed by atoms with Crippen LogP contribution < -0.4 is 5.32 Å². The van der Waals surface area contributed by atoms with E-state index in [1.54, 1.807) is 24.2 Å². The molecule has 9 heteroatoms. The molecule has 154 valence electrons. The number of nitrogens with one attached hydrogen (secondary N) is 1. The van der Waals surface area contributed by atoms with Gasteiger partial charge in [-0.3, -0.25) is 14.6 Å². The maximum atomic E-state index is 12.8. The molecular formula is C20H25N5O4. The number of hydrogen-bond donors (Lipinski definition) is 1. The highest BCUT2D eigenvalue weighted by molar-refractivity contribution is 5.95. The van der Waals surface area contributed by atoms with Crippen LogP contribution in [0.1, 0.15) is 40.5 Å². The fraction of sp³-hybridized carbons (Fsp3) is 0.550. The van der Waals surface area contributed by atoms with Crippen molar-refractivity contribution in [3.8, 4) is 0 Å². The van der Waals surface area contributed by atoms with E-state index in [0.29, 0.717) is 36.8 Å². The third-order valence-corrected chi connectivity index (χ3v) is 6.07. The first-order valence-electron chi connectivity index (χ1n) is 9.72. The second-order valence-electron chi connectivity index (χ2n) is 8.01. The molecule has 1 saturated heterocycles. The van der Waals surface area contributed by atoms with Gasteiger partial charge >= 0.3 is 0 Å². The predicted molar refractivity (Wildman–Crippen MR) is 102 cm³/mol. The Balaban J connectivity index is 1.55. The molecule has 1 aliphatic carbocycles. The number of fused-ring (bicyclic) bond motifs is 1. The van der Waals surface area contributed by atoms with E-state index in [1.807, 2.05) is 13.0 Å². The van der Waals surface area contributed by atoms with Gasteiger partial charge in [-0.25, -0.2) is 0 Å². The summed E-state index contributed by atoms with van der Waals surface area (Å²) in [4.78, 5) is 35.5. The molecule has 1 saturated carbocycles. The molecule has 0 spiro atoms. The van der Waals surface area contributed by atoms with Crippen LogP contribution in [0.2, 0.25) is 0 Å². The molecule has 3 atom stereocenters. The van der Waals surface area contributed by atoms with Crippen LogP contribution in [0.25, 0.3) is 0 Å². The van der Waals surface area contributed by atoms with Crippen molar-refractivity contribution in [2.24, 2.45) is 5.92 Å². The summed E-state index contributed by atoms with van der Waals surface area (Å²) < 4.78 is 10.6. The molecule has 1 aliphatic heterocycles. The maximum absolute atomic E-state index is 12.8. The Morgan fingerprint density at radius 3 is 2.93 bits per heavy atom. The highest BCUT2D eigenvalue weighted by atomic mass is 16.5. The number of aromatic nitrogens is 3. The molecule has 0 radical (unpaired) electrons. The zero-order valence-electron chi connectivity index (χ0n) is 16.8. The fourth-order valence-electron chi connectivity index (χ4n) is 4.68. The van der Waals surface area contributed by atoms with Crippen LogP contribution in [0.5, 0.6) is 0 Å². The van der Waals surface area contributed by atoms with Gasteiger partial charge in [-0.2, -0.15) is 4.98 Å². The number of ether oxygens (including phenoxy) is 1. The Morgan fingerprint density at radius 2 is 2.24 bits per heavy atom. The van der Waals surface area contributed by atoms with E-state index >= 15 is 0 Å². The number of pyridine rings is 1. The molecule has 1 N–H and O–H groups in total. The third kappa shape index (κ3) is 3.50. The van der Waals surface area contributed by atoms with Gasteiger partial charge in [-0.15, -0.1) is 0 Å². The minimum Gasteiger partial charge on any atom is -0.375 e. The number of carbonyl (C=O) groups is 2. The lowest BCUT2D eigenvalue weighted by atomic mass is 9.80. The van der Waals surface area contributed by atoms with Crippen molar-refractivity contribution in [3.63, 3.8) is 0 Å². The molecule has 2 aromatic rings.